The van der Waals surface area contributed by atoms with Gasteiger partial charge in [0.1, 0.15) is 12.4 Å². The molecule has 1 heterocycles. The molecule has 0 N–H and O–H groups in total. The highest BCUT2D eigenvalue weighted by Gasteiger charge is 2.14. The van der Waals surface area contributed by atoms with Crippen LogP contribution in [-0.4, -0.2) is 69.3 Å². The second-order valence-electron chi connectivity index (χ2n) is 5.01. The molecule has 0 atom stereocenters. The molecule has 5 heteroatoms. The molecule has 1 aliphatic rings. The number of piperazine rings is 1. The molecule has 1 aromatic carbocycles. The highest BCUT2D eigenvalue weighted by atomic mass is 16.5. The standard InChI is InChI=1S/C15H22N2O3/c1-16-7-9-17(10-8-16)11-12-20-15(18)13-3-5-14(19-2)6-4-13/h3-6H,7-12H2,1-2H3. The van der Waals surface area contributed by atoms with Crippen molar-refractivity contribution < 1.29 is 14.3 Å². The minimum atomic E-state index is -0.276. The van der Waals surface area contributed by atoms with E-state index in [1.165, 1.54) is 0 Å². The maximum absolute atomic E-state index is 11.8. The first-order valence-electron chi connectivity index (χ1n) is 6.91. The Kier molecular flexibility index (Phi) is 5.38. The molecule has 1 aromatic rings. The SMILES string of the molecule is COc1ccc(C(=O)OCCN2CCN(C)CC2)cc1. The van der Waals surface area contributed by atoms with Crippen molar-refractivity contribution in [1.82, 2.24) is 9.80 Å². The van der Waals surface area contributed by atoms with E-state index in [-0.39, 0.29) is 5.97 Å². The summed E-state index contributed by atoms with van der Waals surface area (Å²) in [4.78, 5) is 16.5. The van der Waals surface area contributed by atoms with E-state index in [0.717, 1.165) is 38.5 Å². The van der Waals surface area contributed by atoms with Crippen LogP contribution in [0.15, 0.2) is 24.3 Å². The molecule has 2 rings (SSSR count). The minimum absolute atomic E-state index is 0.276. The molecular formula is C15H22N2O3. The largest absolute Gasteiger partial charge is 0.497 e. The van der Waals surface area contributed by atoms with Crippen LogP contribution in [-0.2, 0) is 4.74 Å². The van der Waals surface area contributed by atoms with Gasteiger partial charge in [0.05, 0.1) is 12.7 Å². The number of ether oxygens (including phenoxy) is 2. The van der Waals surface area contributed by atoms with Gasteiger partial charge in [-0.05, 0) is 31.3 Å². The molecule has 0 amide bonds. The molecule has 0 radical (unpaired) electrons. The van der Waals surface area contributed by atoms with E-state index in [0.29, 0.717) is 12.2 Å². The highest BCUT2D eigenvalue weighted by Crippen LogP contribution is 2.12. The molecule has 0 aliphatic carbocycles. The van der Waals surface area contributed by atoms with E-state index in [4.69, 9.17) is 9.47 Å². The van der Waals surface area contributed by atoms with Crippen molar-refractivity contribution in [2.45, 2.75) is 0 Å². The molecule has 5 nitrogen and oxygen atoms in total. The summed E-state index contributed by atoms with van der Waals surface area (Å²) < 4.78 is 10.4. The molecule has 0 unspecified atom stereocenters. The first-order chi connectivity index (χ1) is 9.69. The second kappa shape index (κ2) is 7.26. The van der Waals surface area contributed by atoms with Gasteiger partial charge in [0.15, 0.2) is 0 Å². The molecule has 0 spiro atoms. The van der Waals surface area contributed by atoms with Gasteiger partial charge in [0.2, 0.25) is 0 Å². The van der Waals surface area contributed by atoms with E-state index in [1.807, 2.05) is 0 Å². The Labute approximate surface area is 120 Å². The maximum atomic E-state index is 11.8. The topological polar surface area (TPSA) is 42.0 Å². The van der Waals surface area contributed by atoms with Crippen molar-refractivity contribution in [3.05, 3.63) is 29.8 Å². The molecule has 1 fully saturated rings. The van der Waals surface area contributed by atoms with Gasteiger partial charge < -0.3 is 14.4 Å². The van der Waals surface area contributed by atoms with Gasteiger partial charge >= 0.3 is 5.97 Å². The van der Waals surface area contributed by atoms with Crippen LogP contribution in [0.25, 0.3) is 0 Å². The van der Waals surface area contributed by atoms with Gasteiger partial charge in [0, 0.05) is 32.7 Å². The number of hydrogen-bond acceptors (Lipinski definition) is 5. The molecule has 1 aliphatic heterocycles. The lowest BCUT2D eigenvalue weighted by atomic mass is 10.2. The second-order valence-corrected chi connectivity index (χ2v) is 5.01. The van der Waals surface area contributed by atoms with Crippen molar-refractivity contribution >= 4 is 5.97 Å². The Morgan fingerprint density at radius 2 is 1.80 bits per heavy atom. The van der Waals surface area contributed by atoms with Crippen LogP contribution in [0, 0.1) is 0 Å². The predicted molar refractivity (Wildman–Crippen MR) is 77.2 cm³/mol. The van der Waals surface area contributed by atoms with Crippen LogP contribution >= 0.6 is 0 Å². The summed E-state index contributed by atoms with van der Waals surface area (Å²) in [5.41, 5.74) is 0.559. The van der Waals surface area contributed by atoms with E-state index in [9.17, 15) is 4.79 Å². The number of hydrogen-bond donors (Lipinski definition) is 0. The van der Waals surface area contributed by atoms with Crippen LogP contribution in [0.1, 0.15) is 10.4 Å². The molecule has 20 heavy (non-hydrogen) atoms. The van der Waals surface area contributed by atoms with E-state index in [1.54, 1.807) is 31.4 Å². The van der Waals surface area contributed by atoms with Gasteiger partial charge in [-0.1, -0.05) is 0 Å². The first-order valence-corrected chi connectivity index (χ1v) is 6.91. The third-order valence-electron chi connectivity index (χ3n) is 3.56. The zero-order valence-corrected chi connectivity index (χ0v) is 12.2. The monoisotopic (exact) mass is 278 g/mol. The zero-order chi connectivity index (χ0) is 14.4. The van der Waals surface area contributed by atoms with Crippen LogP contribution in [0.4, 0.5) is 0 Å². The smallest absolute Gasteiger partial charge is 0.338 e. The van der Waals surface area contributed by atoms with Crippen molar-refractivity contribution in [2.75, 3.05) is 53.5 Å². The lowest BCUT2D eigenvalue weighted by Gasteiger charge is -2.32. The van der Waals surface area contributed by atoms with Gasteiger partial charge in [-0.2, -0.15) is 0 Å². The van der Waals surface area contributed by atoms with Gasteiger partial charge in [-0.25, -0.2) is 4.79 Å². The van der Waals surface area contributed by atoms with Gasteiger partial charge in [-0.15, -0.1) is 0 Å². The van der Waals surface area contributed by atoms with Crippen LogP contribution < -0.4 is 4.74 Å². The highest BCUT2D eigenvalue weighted by molar-refractivity contribution is 5.89. The number of likely N-dealkylation sites (N-methyl/N-ethyl adjacent to an activating group) is 1. The quantitative estimate of drug-likeness (QED) is 0.755. The number of rotatable bonds is 5. The molecule has 0 bridgehead atoms. The summed E-state index contributed by atoms with van der Waals surface area (Å²) in [7, 11) is 3.73. The lowest BCUT2D eigenvalue weighted by molar-refractivity contribution is 0.0432. The summed E-state index contributed by atoms with van der Waals surface area (Å²) in [5, 5.41) is 0. The van der Waals surface area contributed by atoms with Crippen molar-refractivity contribution in [1.29, 1.82) is 0 Å². The lowest BCUT2D eigenvalue weighted by Crippen LogP contribution is -2.45. The number of nitrogens with zero attached hydrogens (tertiary/aromatic N) is 2. The van der Waals surface area contributed by atoms with Crippen molar-refractivity contribution in [2.24, 2.45) is 0 Å². The van der Waals surface area contributed by atoms with Crippen molar-refractivity contribution in [3.8, 4) is 5.75 Å². The number of carbonyl (C=O) groups excluding carboxylic acids is 1. The number of carbonyl (C=O) groups is 1. The Morgan fingerprint density at radius 3 is 2.40 bits per heavy atom. The van der Waals surface area contributed by atoms with E-state index >= 15 is 0 Å². The molecule has 0 saturated carbocycles. The third-order valence-corrected chi connectivity index (χ3v) is 3.56. The van der Waals surface area contributed by atoms with Gasteiger partial charge in [-0.3, -0.25) is 4.90 Å². The zero-order valence-electron chi connectivity index (χ0n) is 12.2. The van der Waals surface area contributed by atoms with Crippen LogP contribution in [0.5, 0.6) is 5.75 Å². The average Bonchev–Trinajstić information content (AvgIpc) is 2.49. The first kappa shape index (κ1) is 14.8. The summed E-state index contributed by atoms with van der Waals surface area (Å²) >= 11 is 0. The van der Waals surface area contributed by atoms with E-state index < -0.39 is 0 Å². The Morgan fingerprint density at radius 1 is 1.15 bits per heavy atom. The number of methoxy groups -OCH3 is 1. The normalized spacial score (nSPS) is 16.9. The number of benzene rings is 1. The van der Waals surface area contributed by atoms with E-state index in [2.05, 4.69) is 16.8 Å². The summed E-state index contributed by atoms with van der Waals surface area (Å²) in [6.07, 6.45) is 0. The summed E-state index contributed by atoms with van der Waals surface area (Å²) in [5.74, 6) is 0.459. The fourth-order valence-electron chi connectivity index (χ4n) is 2.15. The third kappa shape index (κ3) is 4.21. The Balaban J connectivity index is 1.71. The Hall–Kier alpha value is -1.59. The number of esters is 1. The molecular weight excluding hydrogens is 256 g/mol. The van der Waals surface area contributed by atoms with Crippen molar-refractivity contribution in [3.63, 3.8) is 0 Å². The van der Waals surface area contributed by atoms with Crippen LogP contribution in [0.2, 0.25) is 0 Å². The molecule has 110 valence electrons. The maximum Gasteiger partial charge on any atom is 0.338 e. The average molecular weight is 278 g/mol. The minimum Gasteiger partial charge on any atom is -0.497 e. The fourth-order valence-corrected chi connectivity index (χ4v) is 2.15. The van der Waals surface area contributed by atoms with Crippen LogP contribution in [0.3, 0.4) is 0 Å². The Bertz CT molecular complexity index is 425. The van der Waals surface area contributed by atoms with Gasteiger partial charge in [0.25, 0.3) is 0 Å². The summed E-state index contributed by atoms with van der Waals surface area (Å²) in [6, 6.07) is 6.96. The molecule has 1 saturated heterocycles. The molecule has 0 aromatic heterocycles. The fraction of sp³-hybridized carbons (Fsp3) is 0.533. The summed E-state index contributed by atoms with van der Waals surface area (Å²) in [6.45, 7) is 5.47. The predicted octanol–water partition coefficient (Wildman–Crippen LogP) is 1.10.